The van der Waals surface area contributed by atoms with Gasteiger partial charge in [0.25, 0.3) is 0 Å². The van der Waals surface area contributed by atoms with Gasteiger partial charge in [-0.15, -0.1) is 11.3 Å². The van der Waals surface area contributed by atoms with E-state index >= 15 is 0 Å². The SMILES string of the molecule is Clc1ccc(CN2CCN([C@@H]3CCNC3)CC2)s1. The summed E-state index contributed by atoms with van der Waals surface area (Å²) in [6.45, 7) is 8.24. The summed E-state index contributed by atoms with van der Waals surface area (Å²) in [4.78, 5) is 6.58. The molecule has 0 aliphatic carbocycles. The van der Waals surface area contributed by atoms with Crippen LogP contribution in [0.2, 0.25) is 4.34 Å². The van der Waals surface area contributed by atoms with Gasteiger partial charge in [-0.1, -0.05) is 11.6 Å². The van der Waals surface area contributed by atoms with E-state index in [9.17, 15) is 0 Å². The Labute approximate surface area is 118 Å². The second-order valence-corrected chi connectivity index (χ2v) is 6.96. The normalized spacial score (nSPS) is 26.8. The number of hydrogen-bond donors (Lipinski definition) is 1. The lowest BCUT2D eigenvalue weighted by Crippen LogP contribution is -2.50. The summed E-state index contributed by atoms with van der Waals surface area (Å²) in [5.41, 5.74) is 0. The maximum Gasteiger partial charge on any atom is 0.0931 e. The summed E-state index contributed by atoms with van der Waals surface area (Å²) >= 11 is 7.68. The molecule has 2 saturated heterocycles. The molecule has 2 aliphatic heterocycles. The fraction of sp³-hybridized carbons (Fsp3) is 0.692. The molecule has 1 aromatic rings. The number of nitrogens with one attached hydrogen (secondary N) is 1. The van der Waals surface area contributed by atoms with Crippen LogP contribution in [-0.4, -0.2) is 55.1 Å². The predicted octanol–water partition coefficient (Wildman–Crippen LogP) is 1.88. The first kappa shape index (κ1) is 12.9. The van der Waals surface area contributed by atoms with Gasteiger partial charge in [-0.2, -0.15) is 0 Å². The van der Waals surface area contributed by atoms with Crippen molar-refractivity contribution in [3.63, 3.8) is 0 Å². The van der Waals surface area contributed by atoms with E-state index in [1.54, 1.807) is 11.3 Å². The van der Waals surface area contributed by atoms with E-state index in [4.69, 9.17) is 11.6 Å². The van der Waals surface area contributed by atoms with Crippen molar-refractivity contribution in [1.29, 1.82) is 0 Å². The highest BCUT2D eigenvalue weighted by molar-refractivity contribution is 7.16. The van der Waals surface area contributed by atoms with Gasteiger partial charge in [0, 0.05) is 50.2 Å². The predicted molar refractivity (Wildman–Crippen MR) is 77.5 cm³/mol. The van der Waals surface area contributed by atoms with Gasteiger partial charge in [0.1, 0.15) is 0 Å². The number of nitrogens with zero attached hydrogens (tertiary/aromatic N) is 2. The van der Waals surface area contributed by atoms with Crippen molar-refractivity contribution in [2.24, 2.45) is 0 Å². The van der Waals surface area contributed by atoms with Crippen molar-refractivity contribution >= 4 is 22.9 Å². The molecular weight excluding hydrogens is 266 g/mol. The Kier molecular flexibility index (Phi) is 4.21. The summed E-state index contributed by atoms with van der Waals surface area (Å²) in [6.07, 6.45) is 1.32. The first-order valence-electron chi connectivity index (χ1n) is 6.72. The number of thiophene rings is 1. The van der Waals surface area contributed by atoms with E-state index < -0.39 is 0 Å². The Morgan fingerprint density at radius 2 is 2.11 bits per heavy atom. The molecule has 3 nitrogen and oxygen atoms in total. The Morgan fingerprint density at radius 3 is 2.72 bits per heavy atom. The van der Waals surface area contributed by atoms with Gasteiger partial charge in [0.15, 0.2) is 0 Å². The Morgan fingerprint density at radius 1 is 1.28 bits per heavy atom. The minimum absolute atomic E-state index is 0.781. The molecule has 0 spiro atoms. The maximum absolute atomic E-state index is 5.97. The van der Waals surface area contributed by atoms with E-state index in [1.807, 2.05) is 6.07 Å². The summed E-state index contributed by atoms with van der Waals surface area (Å²) < 4.78 is 0.903. The maximum atomic E-state index is 5.97. The smallest absolute Gasteiger partial charge is 0.0931 e. The lowest BCUT2D eigenvalue weighted by atomic mass is 10.2. The number of piperazine rings is 1. The molecule has 3 rings (SSSR count). The van der Waals surface area contributed by atoms with Crippen LogP contribution >= 0.6 is 22.9 Å². The van der Waals surface area contributed by atoms with Crippen molar-refractivity contribution < 1.29 is 0 Å². The van der Waals surface area contributed by atoms with E-state index in [0.29, 0.717) is 0 Å². The van der Waals surface area contributed by atoms with Gasteiger partial charge < -0.3 is 5.32 Å². The van der Waals surface area contributed by atoms with Crippen LogP contribution in [0.5, 0.6) is 0 Å². The van der Waals surface area contributed by atoms with Crippen molar-refractivity contribution in [3.8, 4) is 0 Å². The number of rotatable bonds is 3. The monoisotopic (exact) mass is 285 g/mol. The molecule has 3 heterocycles. The van der Waals surface area contributed by atoms with Crippen LogP contribution in [0.15, 0.2) is 12.1 Å². The van der Waals surface area contributed by atoms with E-state index in [-0.39, 0.29) is 0 Å². The molecule has 0 amide bonds. The van der Waals surface area contributed by atoms with Gasteiger partial charge in [0.2, 0.25) is 0 Å². The van der Waals surface area contributed by atoms with Gasteiger partial charge >= 0.3 is 0 Å². The van der Waals surface area contributed by atoms with Crippen LogP contribution in [0.1, 0.15) is 11.3 Å². The average Bonchev–Trinajstić information content (AvgIpc) is 3.02. The molecule has 0 bridgehead atoms. The lowest BCUT2D eigenvalue weighted by molar-refractivity contribution is 0.0988. The molecule has 2 aliphatic rings. The third kappa shape index (κ3) is 3.06. The summed E-state index contributed by atoms with van der Waals surface area (Å²) in [6, 6.07) is 4.94. The first-order valence-corrected chi connectivity index (χ1v) is 7.92. The fourth-order valence-corrected chi connectivity index (χ4v) is 4.02. The van der Waals surface area contributed by atoms with Crippen LogP contribution in [-0.2, 0) is 6.54 Å². The molecule has 0 saturated carbocycles. The first-order chi connectivity index (χ1) is 8.81. The van der Waals surface area contributed by atoms with Gasteiger partial charge in [0.05, 0.1) is 4.34 Å². The van der Waals surface area contributed by atoms with Crippen molar-refractivity contribution in [1.82, 2.24) is 15.1 Å². The van der Waals surface area contributed by atoms with Crippen LogP contribution in [0.4, 0.5) is 0 Å². The van der Waals surface area contributed by atoms with E-state index in [2.05, 4.69) is 21.2 Å². The second kappa shape index (κ2) is 5.88. The molecule has 1 atom stereocenters. The molecule has 5 heteroatoms. The van der Waals surface area contributed by atoms with Crippen molar-refractivity contribution in [3.05, 3.63) is 21.3 Å². The van der Waals surface area contributed by atoms with Crippen LogP contribution in [0.3, 0.4) is 0 Å². The molecule has 2 fully saturated rings. The molecule has 0 unspecified atom stereocenters. The standard InChI is InChI=1S/C13H20ClN3S/c14-13-2-1-12(18-13)10-16-5-7-17(8-6-16)11-3-4-15-9-11/h1-2,11,15H,3-10H2/t11-/m1/s1. The minimum Gasteiger partial charge on any atom is -0.315 e. The molecule has 1 aromatic heterocycles. The van der Waals surface area contributed by atoms with E-state index in [1.165, 1.54) is 50.6 Å². The van der Waals surface area contributed by atoms with Gasteiger partial charge in [-0.25, -0.2) is 0 Å². The molecule has 18 heavy (non-hydrogen) atoms. The highest BCUT2D eigenvalue weighted by atomic mass is 35.5. The summed E-state index contributed by atoms with van der Waals surface area (Å²) in [5, 5.41) is 3.46. The largest absolute Gasteiger partial charge is 0.315 e. The Hall–Kier alpha value is -0.130. The zero-order valence-electron chi connectivity index (χ0n) is 10.6. The molecule has 1 N–H and O–H groups in total. The van der Waals surface area contributed by atoms with Crippen molar-refractivity contribution in [2.75, 3.05) is 39.3 Å². The third-order valence-electron chi connectivity index (χ3n) is 3.97. The number of hydrogen-bond acceptors (Lipinski definition) is 4. The Bertz CT molecular complexity index is 381. The zero-order chi connectivity index (χ0) is 12.4. The third-order valence-corrected chi connectivity index (χ3v) is 5.18. The van der Waals surface area contributed by atoms with Gasteiger partial charge in [-0.05, 0) is 25.1 Å². The highest BCUT2D eigenvalue weighted by Gasteiger charge is 2.25. The minimum atomic E-state index is 0.781. The van der Waals surface area contributed by atoms with Crippen LogP contribution < -0.4 is 5.32 Å². The topological polar surface area (TPSA) is 18.5 Å². The van der Waals surface area contributed by atoms with Crippen LogP contribution in [0, 0.1) is 0 Å². The lowest BCUT2D eigenvalue weighted by Gasteiger charge is -2.37. The van der Waals surface area contributed by atoms with Crippen LogP contribution in [0.25, 0.3) is 0 Å². The van der Waals surface area contributed by atoms with Crippen molar-refractivity contribution in [2.45, 2.75) is 19.0 Å². The summed E-state index contributed by atoms with van der Waals surface area (Å²) in [5.74, 6) is 0. The van der Waals surface area contributed by atoms with E-state index in [0.717, 1.165) is 16.9 Å². The quantitative estimate of drug-likeness (QED) is 0.915. The molecule has 0 aromatic carbocycles. The molecular formula is C13H20ClN3S. The highest BCUT2D eigenvalue weighted by Crippen LogP contribution is 2.23. The average molecular weight is 286 g/mol. The zero-order valence-corrected chi connectivity index (χ0v) is 12.1. The number of halogens is 1. The summed E-state index contributed by atoms with van der Waals surface area (Å²) in [7, 11) is 0. The molecule has 0 radical (unpaired) electrons. The molecule has 100 valence electrons. The Balaban J connectivity index is 1.47. The fourth-order valence-electron chi connectivity index (χ4n) is 2.89. The second-order valence-electron chi connectivity index (χ2n) is 5.16. The van der Waals surface area contributed by atoms with Gasteiger partial charge in [-0.3, -0.25) is 9.80 Å².